The zero-order chi connectivity index (χ0) is 21.6. The van der Waals surface area contributed by atoms with Gasteiger partial charge in [-0.05, 0) is 6.42 Å². The summed E-state index contributed by atoms with van der Waals surface area (Å²) < 4.78 is 38.2. The Morgan fingerprint density at radius 1 is 0.931 bits per heavy atom. The third-order valence-corrected chi connectivity index (χ3v) is 5.17. The Morgan fingerprint density at radius 2 is 1.41 bits per heavy atom. The molecule has 1 N–H and O–H groups in total. The molecule has 0 aromatic heterocycles. The van der Waals surface area contributed by atoms with E-state index in [1.807, 2.05) is 0 Å². The summed E-state index contributed by atoms with van der Waals surface area (Å²) in [5.41, 5.74) is -1.96. The lowest BCUT2D eigenvalue weighted by Gasteiger charge is -2.26. The van der Waals surface area contributed by atoms with Crippen LogP contribution in [0.25, 0.3) is 0 Å². The van der Waals surface area contributed by atoms with E-state index >= 15 is 0 Å². The molecular weight excluding hydrogens is 383 g/mol. The first-order chi connectivity index (χ1) is 13.8. The number of halogens is 3. The van der Waals surface area contributed by atoms with Crippen LogP contribution in [0.1, 0.15) is 110 Å². The number of alkyl halides is 3. The van der Waals surface area contributed by atoms with Crippen LogP contribution >= 0.6 is 0 Å². The van der Waals surface area contributed by atoms with Crippen LogP contribution in [0.3, 0.4) is 0 Å². The lowest BCUT2D eigenvalue weighted by molar-refractivity contribution is -0.152. The van der Waals surface area contributed by atoms with Gasteiger partial charge in [0, 0.05) is 6.42 Å². The maximum atomic E-state index is 12.7. The Kier molecular flexibility index (Phi) is 12.1. The normalized spacial score (nSPS) is 19.1. The summed E-state index contributed by atoms with van der Waals surface area (Å²) in [6.07, 6.45) is 9.00. The van der Waals surface area contributed by atoms with E-state index in [4.69, 9.17) is 0 Å². The summed E-state index contributed by atoms with van der Waals surface area (Å²) in [6.45, 7) is 2.22. The van der Waals surface area contributed by atoms with Gasteiger partial charge >= 0.3 is 6.18 Å². The molecule has 5 nitrogen and oxygen atoms in total. The standard InChI is InChI=1S/C21H36F3N3O2/c1-2-3-4-5-6-7-8-9-10-11-12-13-14-15-18(28)25-20(17-21(22,23)24)16-19(29)26-27-20/h2-17H2,1H3,(H,25,28). The summed E-state index contributed by atoms with van der Waals surface area (Å²) >= 11 is 0. The molecule has 0 aliphatic carbocycles. The number of hydrogen-bond donors (Lipinski definition) is 1. The SMILES string of the molecule is CCCCCCCCCCCCCCCC(=O)NC1(CC(F)(F)F)CC(=O)N=N1. The van der Waals surface area contributed by atoms with Crippen LogP contribution in [0.4, 0.5) is 13.2 Å². The van der Waals surface area contributed by atoms with Gasteiger partial charge < -0.3 is 5.32 Å². The van der Waals surface area contributed by atoms with Crippen LogP contribution < -0.4 is 5.32 Å². The van der Waals surface area contributed by atoms with Crippen LogP contribution in [-0.2, 0) is 9.59 Å². The van der Waals surface area contributed by atoms with Gasteiger partial charge in [0.15, 0.2) is 5.66 Å². The smallest absolute Gasteiger partial charge is 0.330 e. The molecule has 168 valence electrons. The summed E-state index contributed by atoms with van der Waals surface area (Å²) in [7, 11) is 0. The first kappa shape index (κ1) is 25.6. The molecule has 1 aliphatic heterocycles. The van der Waals surface area contributed by atoms with Crippen molar-refractivity contribution in [1.82, 2.24) is 5.32 Å². The summed E-state index contributed by atoms with van der Waals surface area (Å²) in [5.74, 6) is -1.25. The number of nitrogens with zero attached hydrogens (tertiary/aromatic N) is 2. The Bertz CT molecular complexity index is 524. The molecule has 8 heteroatoms. The largest absolute Gasteiger partial charge is 0.393 e. The molecule has 0 bridgehead atoms. The molecule has 1 atom stereocenters. The van der Waals surface area contributed by atoms with Gasteiger partial charge in [0.05, 0.1) is 12.8 Å². The van der Waals surface area contributed by atoms with Gasteiger partial charge in [-0.3, -0.25) is 9.59 Å². The average molecular weight is 420 g/mol. The van der Waals surface area contributed by atoms with Gasteiger partial charge in [-0.15, -0.1) is 5.11 Å². The summed E-state index contributed by atoms with van der Waals surface area (Å²) in [5, 5.41) is 8.86. The molecule has 1 rings (SSSR count). The van der Waals surface area contributed by atoms with Crippen LogP contribution in [0.15, 0.2) is 10.2 Å². The zero-order valence-electron chi connectivity index (χ0n) is 17.7. The minimum atomic E-state index is -4.54. The highest BCUT2D eigenvalue weighted by Crippen LogP contribution is 2.34. The Labute approximate surface area is 172 Å². The molecule has 29 heavy (non-hydrogen) atoms. The van der Waals surface area contributed by atoms with Gasteiger partial charge in [0.2, 0.25) is 5.91 Å². The Morgan fingerprint density at radius 3 is 1.83 bits per heavy atom. The van der Waals surface area contributed by atoms with Crippen molar-refractivity contribution in [1.29, 1.82) is 0 Å². The number of azo groups is 1. The van der Waals surface area contributed by atoms with E-state index < -0.39 is 36.5 Å². The fourth-order valence-electron chi connectivity index (χ4n) is 3.64. The number of carbonyl (C=O) groups is 2. The number of carbonyl (C=O) groups excluding carboxylic acids is 2. The minimum absolute atomic E-state index is 0.140. The van der Waals surface area contributed by atoms with Gasteiger partial charge in [0.1, 0.15) is 0 Å². The van der Waals surface area contributed by atoms with E-state index in [1.165, 1.54) is 57.8 Å². The summed E-state index contributed by atoms with van der Waals surface area (Å²) in [4.78, 5) is 23.2. The van der Waals surface area contributed by atoms with Crippen molar-refractivity contribution in [2.75, 3.05) is 0 Å². The predicted octanol–water partition coefficient (Wildman–Crippen LogP) is 6.62. The third kappa shape index (κ3) is 12.6. The quantitative estimate of drug-likeness (QED) is 0.286. The second-order valence-corrected chi connectivity index (χ2v) is 8.13. The van der Waals surface area contributed by atoms with Crippen LogP contribution in [-0.4, -0.2) is 23.7 Å². The van der Waals surface area contributed by atoms with E-state index in [0.717, 1.165) is 19.3 Å². The fourth-order valence-corrected chi connectivity index (χ4v) is 3.64. The van der Waals surface area contributed by atoms with Crippen molar-refractivity contribution in [3.05, 3.63) is 0 Å². The van der Waals surface area contributed by atoms with Crippen LogP contribution in [0.5, 0.6) is 0 Å². The van der Waals surface area contributed by atoms with Crippen LogP contribution in [0.2, 0.25) is 0 Å². The van der Waals surface area contributed by atoms with Crippen molar-refractivity contribution in [2.45, 2.75) is 121 Å². The monoisotopic (exact) mass is 419 g/mol. The molecule has 0 spiro atoms. The van der Waals surface area contributed by atoms with E-state index in [-0.39, 0.29) is 6.42 Å². The molecule has 0 radical (unpaired) electrons. The Balaban J connectivity index is 2.06. The lowest BCUT2D eigenvalue weighted by Crippen LogP contribution is -2.48. The predicted molar refractivity (Wildman–Crippen MR) is 106 cm³/mol. The highest BCUT2D eigenvalue weighted by atomic mass is 19.4. The minimum Gasteiger partial charge on any atom is -0.330 e. The number of nitrogens with one attached hydrogen (secondary N) is 1. The van der Waals surface area contributed by atoms with Crippen molar-refractivity contribution in [2.24, 2.45) is 10.2 Å². The van der Waals surface area contributed by atoms with E-state index in [1.54, 1.807) is 0 Å². The topological polar surface area (TPSA) is 70.9 Å². The average Bonchev–Trinajstić information content (AvgIpc) is 2.97. The van der Waals surface area contributed by atoms with Gasteiger partial charge in [-0.1, -0.05) is 84.0 Å². The molecule has 0 saturated carbocycles. The summed E-state index contributed by atoms with van der Waals surface area (Å²) in [6, 6.07) is 0. The first-order valence-corrected chi connectivity index (χ1v) is 11.1. The van der Waals surface area contributed by atoms with E-state index in [0.29, 0.717) is 6.42 Å². The highest BCUT2D eigenvalue weighted by molar-refractivity contribution is 5.82. The second-order valence-electron chi connectivity index (χ2n) is 8.13. The number of hydrogen-bond acceptors (Lipinski definition) is 3. The lowest BCUT2D eigenvalue weighted by atomic mass is 10.0. The maximum absolute atomic E-state index is 12.7. The zero-order valence-corrected chi connectivity index (χ0v) is 17.7. The molecule has 0 saturated heterocycles. The molecule has 1 aliphatic rings. The van der Waals surface area contributed by atoms with Crippen LogP contribution in [0, 0.1) is 0 Å². The van der Waals surface area contributed by atoms with Crippen molar-refractivity contribution >= 4 is 11.8 Å². The molecule has 1 unspecified atom stereocenters. The van der Waals surface area contributed by atoms with Gasteiger partial charge in [-0.2, -0.15) is 18.3 Å². The molecule has 0 aromatic carbocycles. The fraction of sp³-hybridized carbons (Fsp3) is 0.905. The maximum Gasteiger partial charge on any atom is 0.393 e. The van der Waals surface area contributed by atoms with Gasteiger partial charge in [0.25, 0.3) is 5.91 Å². The number of unbranched alkanes of at least 4 members (excludes halogenated alkanes) is 12. The molecule has 2 amide bonds. The van der Waals surface area contributed by atoms with Crippen molar-refractivity contribution < 1.29 is 22.8 Å². The third-order valence-electron chi connectivity index (χ3n) is 5.17. The highest BCUT2D eigenvalue weighted by Gasteiger charge is 2.48. The van der Waals surface area contributed by atoms with Gasteiger partial charge in [-0.25, -0.2) is 0 Å². The number of amides is 2. The first-order valence-electron chi connectivity index (χ1n) is 11.1. The van der Waals surface area contributed by atoms with E-state index in [2.05, 4.69) is 22.5 Å². The molecule has 0 aromatic rings. The van der Waals surface area contributed by atoms with E-state index in [9.17, 15) is 22.8 Å². The molecule has 1 heterocycles. The molecular formula is C21H36F3N3O2. The van der Waals surface area contributed by atoms with Crippen molar-refractivity contribution in [3.63, 3.8) is 0 Å². The molecule has 0 fully saturated rings. The second kappa shape index (κ2) is 13.7. The number of rotatable bonds is 16. The Hall–Kier alpha value is -1.47. The van der Waals surface area contributed by atoms with Crippen molar-refractivity contribution in [3.8, 4) is 0 Å².